The van der Waals surface area contributed by atoms with Crippen LogP contribution in [0.1, 0.15) is 39.3 Å². The molecule has 0 aromatic heterocycles. The van der Waals surface area contributed by atoms with E-state index in [2.05, 4.69) is 33.5 Å². The second-order valence-corrected chi connectivity index (χ2v) is 6.18. The smallest absolute Gasteiger partial charge is 0.278 e. The van der Waals surface area contributed by atoms with Gasteiger partial charge in [-0.25, -0.2) is 0 Å². The maximum Gasteiger partial charge on any atom is 0.278 e. The number of nitrogens with one attached hydrogen (secondary N) is 1. The minimum atomic E-state index is -0.117. The van der Waals surface area contributed by atoms with Crippen molar-refractivity contribution in [2.24, 2.45) is 0 Å². The van der Waals surface area contributed by atoms with Crippen molar-refractivity contribution >= 4 is 21.8 Å². The molecule has 0 aliphatic carbocycles. The normalized spacial score (nSPS) is 13.9. The molecule has 0 unspecified atom stereocenters. The number of methoxy groups -OCH3 is 1. The van der Waals surface area contributed by atoms with Gasteiger partial charge in [0, 0.05) is 11.6 Å². The highest BCUT2D eigenvalue weighted by molar-refractivity contribution is 9.10. The number of carbonyl (C=O) groups excluding carboxylic acids is 1. The Morgan fingerprint density at radius 1 is 1.30 bits per heavy atom. The zero-order valence-electron chi connectivity index (χ0n) is 12.7. The van der Waals surface area contributed by atoms with E-state index < -0.39 is 0 Å². The van der Waals surface area contributed by atoms with Crippen molar-refractivity contribution in [3.8, 4) is 5.75 Å². The maximum atomic E-state index is 11.9. The van der Waals surface area contributed by atoms with E-state index in [9.17, 15) is 4.79 Å². The molecule has 1 aromatic rings. The average Bonchev–Trinajstić information content (AvgIpc) is 2.37. The molecule has 0 saturated carbocycles. The SMILES string of the molecule is COc1ccc([C@H](C)[NH2+][C@@H](C)C(=O)NC(C)C)cc1Br. The first-order chi connectivity index (χ1) is 9.35. The minimum absolute atomic E-state index is 0.0689. The van der Waals surface area contributed by atoms with E-state index in [0.29, 0.717) is 0 Å². The molecule has 5 heteroatoms. The van der Waals surface area contributed by atoms with Crippen LogP contribution in [0.4, 0.5) is 0 Å². The molecule has 2 atom stereocenters. The molecule has 0 fully saturated rings. The molecular weight excluding hydrogens is 320 g/mol. The van der Waals surface area contributed by atoms with Crippen LogP contribution in [0.15, 0.2) is 22.7 Å². The monoisotopic (exact) mass is 343 g/mol. The molecule has 1 amide bonds. The van der Waals surface area contributed by atoms with Crippen LogP contribution in [0.3, 0.4) is 0 Å². The predicted molar refractivity (Wildman–Crippen MR) is 83.8 cm³/mol. The summed E-state index contributed by atoms with van der Waals surface area (Å²) in [5.41, 5.74) is 1.15. The van der Waals surface area contributed by atoms with Gasteiger partial charge in [0.15, 0.2) is 6.04 Å². The molecule has 1 aromatic carbocycles. The van der Waals surface area contributed by atoms with Crippen molar-refractivity contribution < 1.29 is 14.8 Å². The van der Waals surface area contributed by atoms with Gasteiger partial charge in [-0.2, -0.15) is 0 Å². The highest BCUT2D eigenvalue weighted by Crippen LogP contribution is 2.27. The maximum absolute atomic E-state index is 11.9. The highest BCUT2D eigenvalue weighted by Gasteiger charge is 2.21. The lowest BCUT2D eigenvalue weighted by molar-refractivity contribution is -0.710. The second-order valence-electron chi connectivity index (χ2n) is 5.33. The summed E-state index contributed by atoms with van der Waals surface area (Å²) in [7, 11) is 1.65. The van der Waals surface area contributed by atoms with Gasteiger partial charge in [-0.1, -0.05) is 0 Å². The Morgan fingerprint density at radius 2 is 1.95 bits per heavy atom. The van der Waals surface area contributed by atoms with Crippen LogP contribution in [-0.2, 0) is 4.79 Å². The van der Waals surface area contributed by atoms with Crippen LogP contribution in [-0.4, -0.2) is 25.1 Å². The number of halogens is 1. The summed E-state index contributed by atoms with van der Waals surface area (Å²) in [4.78, 5) is 11.9. The second kappa shape index (κ2) is 7.64. The number of carbonyl (C=O) groups is 1. The standard InChI is InChI=1S/C15H23BrN2O2/c1-9(2)17-15(19)11(4)18-10(3)12-6-7-14(20-5)13(16)8-12/h6-11,18H,1-5H3,(H,17,19)/p+1/t10-,11-/m0/s1. The van der Waals surface area contributed by atoms with E-state index >= 15 is 0 Å². The number of nitrogens with two attached hydrogens (primary N) is 1. The molecule has 3 N–H and O–H groups in total. The molecule has 0 radical (unpaired) electrons. The van der Waals surface area contributed by atoms with Crippen LogP contribution in [0, 0.1) is 0 Å². The third-order valence-corrected chi connectivity index (χ3v) is 3.74. The lowest BCUT2D eigenvalue weighted by Crippen LogP contribution is -2.92. The van der Waals surface area contributed by atoms with Crippen molar-refractivity contribution in [1.82, 2.24) is 5.32 Å². The third-order valence-electron chi connectivity index (χ3n) is 3.12. The zero-order chi connectivity index (χ0) is 15.3. The quantitative estimate of drug-likeness (QED) is 0.829. The van der Waals surface area contributed by atoms with E-state index in [0.717, 1.165) is 15.8 Å². The third kappa shape index (κ3) is 4.80. The van der Waals surface area contributed by atoms with E-state index in [1.807, 2.05) is 39.0 Å². The topological polar surface area (TPSA) is 54.9 Å². The van der Waals surface area contributed by atoms with Crippen LogP contribution in [0.5, 0.6) is 5.75 Å². The number of ether oxygens (including phenoxy) is 1. The number of quaternary nitrogens is 1. The summed E-state index contributed by atoms with van der Waals surface area (Å²) in [5, 5.41) is 4.99. The van der Waals surface area contributed by atoms with Gasteiger partial charge in [0.25, 0.3) is 5.91 Å². The number of benzene rings is 1. The van der Waals surface area contributed by atoms with Gasteiger partial charge in [0.05, 0.1) is 11.6 Å². The van der Waals surface area contributed by atoms with Crippen molar-refractivity contribution in [2.45, 2.75) is 45.8 Å². The Labute approximate surface area is 129 Å². The Morgan fingerprint density at radius 3 is 2.45 bits per heavy atom. The van der Waals surface area contributed by atoms with Crippen LogP contribution < -0.4 is 15.4 Å². The summed E-state index contributed by atoms with van der Waals surface area (Å²) < 4.78 is 6.15. The lowest BCUT2D eigenvalue weighted by Gasteiger charge is -2.18. The van der Waals surface area contributed by atoms with Gasteiger partial charge in [0.2, 0.25) is 0 Å². The molecule has 112 valence electrons. The fourth-order valence-corrected chi connectivity index (χ4v) is 2.57. The van der Waals surface area contributed by atoms with Crippen molar-refractivity contribution in [3.05, 3.63) is 28.2 Å². The summed E-state index contributed by atoms with van der Waals surface area (Å²) >= 11 is 3.49. The lowest BCUT2D eigenvalue weighted by atomic mass is 10.1. The number of hydrogen-bond donors (Lipinski definition) is 2. The van der Waals surface area contributed by atoms with Crippen LogP contribution in [0.25, 0.3) is 0 Å². The van der Waals surface area contributed by atoms with Crippen molar-refractivity contribution in [1.29, 1.82) is 0 Å². The molecular formula is C15H24BrN2O2+. The molecule has 4 nitrogen and oxygen atoms in total. The van der Waals surface area contributed by atoms with E-state index in [-0.39, 0.29) is 24.0 Å². The molecule has 0 heterocycles. The van der Waals surface area contributed by atoms with E-state index in [1.165, 1.54) is 0 Å². The summed E-state index contributed by atoms with van der Waals surface area (Å²) in [6, 6.07) is 6.25. The van der Waals surface area contributed by atoms with Gasteiger partial charge < -0.3 is 15.4 Å². The Balaban J connectivity index is 2.68. The number of amides is 1. The minimum Gasteiger partial charge on any atom is -0.496 e. The average molecular weight is 344 g/mol. The first-order valence-corrected chi connectivity index (χ1v) is 7.63. The van der Waals surface area contributed by atoms with Gasteiger partial charge in [0.1, 0.15) is 11.8 Å². The Bertz CT molecular complexity index is 463. The van der Waals surface area contributed by atoms with Gasteiger partial charge >= 0.3 is 0 Å². The molecule has 20 heavy (non-hydrogen) atoms. The van der Waals surface area contributed by atoms with E-state index in [1.54, 1.807) is 7.11 Å². The van der Waals surface area contributed by atoms with Gasteiger partial charge in [-0.3, -0.25) is 4.79 Å². The number of hydrogen-bond acceptors (Lipinski definition) is 2. The predicted octanol–water partition coefficient (Wildman–Crippen LogP) is 2.00. The first kappa shape index (κ1) is 17.0. The Hall–Kier alpha value is -1.07. The van der Waals surface area contributed by atoms with Crippen LogP contribution in [0.2, 0.25) is 0 Å². The molecule has 0 aliphatic rings. The van der Waals surface area contributed by atoms with Gasteiger partial charge in [-0.05, 0) is 61.8 Å². The number of rotatable bonds is 6. The zero-order valence-corrected chi connectivity index (χ0v) is 14.3. The van der Waals surface area contributed by atoms with Gasteiger partial charge in [-0.15, -0.1) is 0 Å². The molecule has 1 rings (SSSR count). The fraction of sp³-hybridized carbons (Fsp3) is 0.533. The molecule has 0 saturated heterocycles. The fourth-order valence-electron chi connectivity index (χ4n) is 2.01. The molecule has 0 aliphatic heterocycles. The Kier molecular flexibility index (Phi) is 6.49. The van der Waals surface area contributed by atoms with E-state index in [4.69, 9.17) is 4.74 Å². The van der Waals surface area contributed by atoms with Crippen molar-refractivity contribution in [3.63, 3.8) is 0 Å². The summed E-state index contributed by atoms with van der Waals surface area (Å²) in [5.74, 6) is 0.881. The summed E-state index contributed by atoms with van der Waals surface area (Å²) in [6.45, 7) is 7.95. The molecule has 0 spiro atoms. The molecule has 0 bridgehead atoms. The van der Waals surface area contributed by atoms with Crippen molar-refractivity contribution in [2.75, 3.05) is 7.11 Å². The van der Waals surface area contributed by atoms with Crippen LogP contribution >= 0.6 is 15.9 Å². The summed E-state index contributed by atoms with van der Waals surface area (Å²) in [6.07, 6.45) is 0. The highest BCUT2D eigenvalue weighted by atomic mass is 79.9. The first-order valence-electron chi connectivity index (χ1n) is 6.84. The largest absolute Gasteiger partial charge is 0.496 e.